The van der Waals surface area contributed by atoms with Gasteiger partial charge in [0.1, 0.15) is 5.69 Å². The quantitative estimate of drug-likeness (QED) is 0.929. The fourth-order valence-corrected chi connectivity index (χ4v) is 2.62. The van der Waals surface area contributed by atoms with Crippen molar-refractivity contribution in [2.45, 2.75) is 25.4 Å². The van der Waals surface area contributed by atoms with E-state index in [1.807, 2.05) is 7.05 Å². The van der Waals surface area contributed by atoms with Crippen molar-refractivity contribution in [1.82, 2.24) is 15.2 Å². The number of alkyl halides is 3. The molecule has 2 rings (SSSR count). The number of nitrogens with one attached hydrogen (secondary N) is 1. The first-order chi connectivity index (χ1) is 10.4. The first kappa shape index (κ1) is 16.7. The van der Waals surface area contributed by atoms with Crippen LogP contribution in [-0.4, -0.2) is 42.5 Å². The van der Waals surface area contributed by atoms with Gasteiger partial charge in [0.15, 0.2) is 0 Å². The summed E-state index contributed by atoms with van der Waals surface area (Å²) in [7, 11) is 1.91. The summed E-state index contributed by atoms with van der Waals surface area (Å²) >= 11 is 0. The number of likely N-dealkylation sites (tertiary alicyclic amines) is 1. The lowest BCUT2D eigenvalue weighted by Gasteiger charge is -2.31. The molecular weight excluding hydrogens is 295 g/mol. The van der Waals surface area contributed by atoms with Crippen LogP contribution in [0.2, 0.25) is 0 Å². The largest absolute Gasteiger partial charge is 0.417 e. The summed E-state index contributed by atoms with van der Waals surface area (Å²) in [5, 5.41) is 3.11. The maximum Gasteiger partial charge on any atom is 0.417 e. The number of piperidine rings is 1. The molecule has 0 bridgehead atoms. The van der Waals surface area contributed by atoms with E-state index in [1.54, 1.807) is 4.90 Å². The molecule has 4 nitrogen and oxygen atoms in total. The van der Waals surface area contributed by atoms with Gasteiger partial charge in [0.05, 0.1) is 5.56 Å². The van der Waals surface area contributed by atoms with Gasteiger partial charge < -0.3 is 10.2 Å². The van der Waals surface area contributed by atoms with Crippen molar-refractivity contribution < 1.29 is 18.0 Å². The van der Waals surface area contributed by atoms with Crippen molar-refractivity contribution in [3.8, 4) is 0 Å². The van der Waals surface area contributed by atoms with E-state index in [9.17, 15) is 18.0 Å². The van der Waals surface area contributed by atoms with E-state index < -0.39 is 11.7 Å². The van der Waals surface area contributed by atoms with E-state index in [0.717, 1.165) is 37.9 Å². The lowest BCUT2D eigenvalue weighted by Crippen LogP contribution is -2.39. The highest BCUT2D eigenvalue weighted by molar-refractivity contribution is 5.92. The molecule has 0 aromatic carbocycles. The Bertz CT molecular complexity index is 494. The molecule has 1 aromatic heterocycles. The summed E-state index contributed by atoms with van der Waals surface area (Å²) in [5.74, 6) is 0.304. The van der Waals surface area contributed by atoms with Crippen molar-refractivity contribution in [3.63, 3.8) is 0 Å². The van der Waals surface area contributed by atoms with Crippen LogP contribution in [0.15, 0.2) is 18.3 Å². The average Bonchev–Trinajstić information content (AvgIpc) is 2.52. The van der Waals surface area contributed by atoms with Gasteiger partial charge in [0, 0.05) is 19.3 Å². The minimum atomic E-state index is -4.43. The van der Waals surface area contributed by atoms with Gasteiger partial charge in [-0.15, -0.1) is 0 Å². The maximum atomic E-state index is 12.5. The predicted molar refractivity (Wildman–Crippen MR) is 76.4 cm³/mol. The lowest BCUT2D eigenvalue weighted by atomic mass is 9.93. The molecule has 1 aliphatic heterocycles. The summed E-state index contributed by atoms with van der Waals surface area (Å²) in [4.78, 5) is 17.6. The molecule has 0 aliphatic carbocycles. The Hall–Kier alpha value is -1.63. The summed E-state index contributed by atoms with van der Waals surface area (Å²) in [6.45, 7) is 2.23. The van der Waals surface area contributed by atoms with Gasteiger partial charge in [-0.2, -0.15) is 13.2 Å². The molecule has 7 heteroatoms. The van der Waals surface area contributed by atoms with E-state index in [0.29, 0.717) is 25.2 Å². The molecule has 0 unspecified atom stereocenters. The highest BCUT2D eigenvalue weighted by Gasteiger charge is 2.31. The third-order valence-electron chi connectivity index (χ3n) is 4.01. The standard InChI is InChI=1S/C15H20F3N3O/c1-19-7-4-11-5-8-21(9-6-11)14(22)13-3-2-12(10-20-13)15(16,17)18/h2-3,10-11,19H,4-9H2,1H3. The SMILES string of the molecule is CNCCC1CCN(C(=O)c2ccc(C(F)(F)F)cn2)CC1. The van der Waals surface area contributed by atoms with Gasteiger partial charge in [-0.3, -0.25) is 9.78 Å². The van der Waals surface area contributed by atoms with Crippen LogP contribution in [0.3, 0.4) is 0 Å². The molecule has 1 aliphatic rings. The van der Waals surface area contributed by atoms with Crippen LogP contribution < -0.4 is 5.32 Å². The van der Waals surface area contributed by atoms with Crippen LogP contribution in [0.1, 0.15) is 35.3 Å². The first-order valence-corrected chi connectivity index (χ1v) is 7.39. The van der Waals surface area contributed by atoms with E-state index in [-0.39, 0.29) is 11.6 Å². The summed E-state index contributed by atoms with van der Waals surface area (Å²) in [6.07, 6.45) is -0.785. The molecule has 22 heavy (non-hydrogen) atoms. The van der Waals surface area contributed by atoms with E-state index in [2.05, 4.69) is 10.3 Å². The molecule has 1 fully saturated rings. The second kappa shape index (κ2) is 7.09. The lowest BCUT2D eigenvalue weighted by molar-refractivity contribution is -0.137. The Morgan fingerprint density at radius 1 is 1.36 bits per heavy atom. The van der Waals surface area contributed by atoms with Gasteiger partial charge in [-0.1, -0.05) is 0 Å². The number of aromatic nitrogens is 1. The highest BCUT2D eigenvalue weighted by atomic mass is 19.4. The molecule has 0 atom stereocenters. The van der Waals surface area contributed by atoms with Gasteiger partial charge in [-0.25, -0.2) is 0 Å². The molecule has 122 valence electrons. The van der Waals surface area contributed by atoms with Crippen molar-refractivity contribution in [3.05, 3.63) is 29.6 Å². The number of hydrogen-bond donors (Lipinski definition) is 1. The normalized spacial score (nSPS) is 16.8. The molecule has 0 radical (unpaired) electrons. The Balaban J connectivity index is 1.92. The monoisotopic (exact) mass is 315 g/mol. The fourth-order valence-electron chi connectivity index (χ4n) is 2.62. The third kappa shape index (κ3) is 4.19. The van der Waals surface area contributed by atoms with Gasteiger partial charge in [-0.05, 0) is 50.9 Å². The number of carbonyl (C=O) groups is 1. The molecular formula is C15H20F3N3O. The zero-order valence-corrected chi connectivity index (χ0v) is 12.5. The van der Waals surface area contributed by atoms with Crippen molar-refractivity contribution >= 4 is 5.91 Å². The summed E-state index contributed by atoms with van der Waals surface area (Å²) in [6, 6.07) is 2.05. The van der Waals surface area contributed by atoms with Crippen LogP contribution >= 0.6 is 0 Å². The van der Waals surface area contributed by atoms with Crippen LogP contribution in [0.5, 0.6) is 0 Å². The van der Waals surface area contributed by atoms with E-state index >= 15 is 0 Å². The van der Waals surface area contributed by atoms with Crippen molar-refractivity contribution in [2.24, 2.45) is 5.92 Å². The number of carbonyl (C=O) groups excluding carboxylic acids is 1. The van der Waals surface area contributed by atoms with Gasteiger partial charge in [0.2, 0.25) is 0 Å². The van der Waals surface area contributed by atoms with Crippen molar-refractivity contribution in [1.29, 1.82) is 0 Å². The molecule has 2 heterocycles. The molecule has 1 aromatic rings. The second-order valence-corrected chi connectivity index (χ2v) is 5.56. The average molecular weight is 315 g/mol. The maximum absolute atomic E-state index is 12.5. The smallest absolute Gasteiger partial charge is 0.337 e. The Morgan fingerprint density at radius 3 is 2.55 bits per heavy atom. The number of pyridine rings is 1. The molecule has 0 spiro atoms. The number of halogens is 3. The number of nitrogens with zero attached hydrogens (tertiary/aromatic N) is 2. The molecule has 1 N–H and O–H groups in total. The summed E-state index contributed by atoms with van der Waals surface area (Å²) < 4.78 is 37.4. The second-order valence-electron chi connectivity index (χ2n) is 5.56. The van der Waals surface area contributed by atoms with Gasteiger partial charge in [0.25, 0.3) is 5.91 Å². The number of amides is 1. The van der Waals surface area contributed by atoms with Crippen LogP contribution in [0, 0.1) is 5.92 Å². The van der Waals surface area contributed by atoms with E-state index in [4.69, 9.17) is 0 Å². The summed E-state index contributed by atoms with van der Waals surface area (Å²) in [5.41, 5.74) is -0.767. The highest BCUT2D eigenvalue weighted by Crippen LogP contribution is 2.28. The van der Waals surface area contributed by atoms with E-state index in [1.165, 1.54) is 0 Å². The van der Waals surface area contributed by atoms with Gasteiger partial charge >= 0.3 is 6.18 Å². The molecule has 0 saturated carbocycles. The van der Waals surface area contributed by atoms with Crippen LogP contribution in [0.4, 0.5) is 13.2 Å². The zero-order chi connectivity index (χ0) is 16.2. The number of hydrogen-bond acceptors (Lipinski definition) is 3. The fraction of sp³-hybridized carbons (Fsp3) is 0.600. The number of rotatable bonds is 4. The zero-order valence-electron chi connectivity index (χ0n) is 12.5. The first-order valence-electron chi connectivity index (χ1n) is 7.39. The Kier molecular flexibility index (Phi) is 5.39. The van der Waals surface area contributed by atoms with Crippen LogP contribution in [0.25, 0.3) is 0 Å². The minimum absolute atomic E-state index is 0.0710. The molecule has 1 saturated heterocycles. The van der Waals surface area contributed by atoms with Crippen molar-refractivity contribution in [2.75, 3.05) is 26.7 Å². The topological polar surface area (TPSA) is 45.2 Å². The predicted octanol–water partition coefficient (Wildman–Crippen LogP) is 2.56. The molecule has 1 amide bonds. The third-order valence-corrected chi connectivity index (χ3v) is 4.01. The Labute approximate surface area is 127 Å². The Morgan fingerprint density at radius 2 is 2.05 bits per heavy atom. The minimum Gasteiger partial charge on any atom is -0.337 e. The van der Waals surface area contributed by atoms with Crippen LogP contribution in [-0.2, 0) is 6.18 Å².